The van der Waals surface area contributed by atoms with E-state index in [0.717, 1.165) is 4.47 Å². The van der Waals surface area contributed by atoms with Gasteiger partial charge in [0.25, 0.3) is 0 Å². The highest BCUT2D eigenvalue weighted by Crippen LogP contribution is 2.26. The van der Waals surface area contributed by atoms with Gasteiger partial charge in [-0.3, -0.25) is 0 Å². The number of hydrogen-bond donors (Lipinski definition) is 1. The molecule has 50 valence electrons. The smallest absolute Gasteiger partial charge is 0.0372 e. The summed E-state index contributed by atoms with van der Waals surface area (Å²) in [5, 5.41) is 2.03. The Bertz CT molecular complexity index is 195. The lowest BCUT2D eigenvalue weighted by atomic mass is 10.3. The summed E-state index contributed by atoms with van der Waals surface area (Å²) in [5.74, 6) is 0. The average Bonchev–Trinajstić information content (AvgIpc) is 2.13. The van der Waals surface area contributed by atoms with Crippen LogP contribution in [-0.4, -0.2) is 0 Å². The number of thiophene rings is 1. The largest absolute Gasteiger partial charge is 0.323 e. The lowest BCUT2D eigenvalue weighted by Gasteiger charge is -1.99. The van der Waals surface area contributed by atoms with E-state index in [9.17, 15) is 0 Å². The molecule has 0 fully saturated rings. The second-order valence-electron chi connectivity index (χ2n) is 1.92. The fraction of sp³-hybridized carbons (Fsp3) is 0.333. The fourth-order valence-electron chi connectivity index (χ4n) is 0.630. The molecule has 1 unspecified atom stereocenters. The van der Waals surface area contributed by atoms with Gasteiger partial charge in [0.2, 0.25) is 0 Å². The van der Waals surface area contributed by atoms with Crippen molar-refractivity contribution in [2.24, 2.45) is 5.73 Å². The number of rotatable bonds is 1. The van der Waals surface area contributed by atoms with Crippen LogP contribution in [0.3, 0.4) is 0 Å². The Hall–Kier alpha value is 0.140. The van der Waals surface area contributed by atoms with E-state index in [4.69, 9.17) is 5.73 Å². The van der Waals surface area contributed by atoms with Gasteiger partial charge in [0, 0.05) is 15.4 Å². The van der Waals surface area contributed by atoms with Crippen LogP contribution in [0, 0.1) is 0 Å². The topological polar surface area (TPSA) is 26.0 Å². The molecule has 0 aromatic carbocycles. The summed E-state index contributed by atoms with van der Waals surface area (Å²) >= 11 is 5.08. The van der Waals surface area contributed by atoms with Gasteiger partial charge in [-0.2, -0.15) is 0 Å². The van der Waals surface area contributed by atoms with Crippen LogP contribution < -0.4 is 5.73 Å². The van der Waals surface area contributed by atoms with Crippen LogP contribution in [-0.2, 0) is 0 Å². The third-order valence-electron chi connectivity index (χ3n) is 1.06. The molecule has 9 heavy (non-hydrogen) atoms. The highest BCUT2D eigenvalue weighted by atomic mass is 79.9. The molecule has 0 radical (unpaired) electrons. The minimum atomic E-state index is 0.152. The minimum Gasteiger partial charge on any atom is -0.323 e. The van der Waals surface area contributed by atoms with Crippen LogP contribution in [0.15, 0.2) is 15.9 Å². The van der Waals surface area contributed by atoms with Crippen molar-refractivity contribution in [3.05, 3.63) is 20.8 Å². The standard InChI is InChI=1S/C6H8BrNS/c1-4(8)6-5(7)2-3-9-6/h2-4H,8H2,1H3. The maximum Gasteiger partial charge on any atom is 0.0372 e. The van der Waals surface area contributed by atoms with Crippen molar-refractivity contribution >= 4 is 27.3 Å². The lowest BCUT2D eigenvalue weighted by molar-refractivity contribution is 0.834. The van der Waals surface area contributed by atoms with E-state index in [1.807, 2.05) is 18.4 Å². The molecule has 0 saturated heterocycles. The Kier molecular flexibility index (Phi) is 2.27. The van der Waals surface area contributed by atoms with Gasteiger partial charge < -0.3 is 5.73 Å². The first-order valence-electron chi connectivity index (χ1n) is 2.70. The van der Waals surface area contributed by atoms with Crippen LogP contribution in [0.5, 0.6) is 0 Å². The van der Waals surface area contributed by atoms with E-state index in [2.05, 4.69) is 15.9 Å². The summed E-state index contributed by atoms with van der Waals surface area (Å²) in [5.41, 5.74) is 5.64. The first kappa shape index (κ1) is 7.25. The van der Waals surface area contributed by atoms with Crippen molar-refractivity contribution in [1.29, 1.82) is 0 Å². The number of hydrogen-bond acceptors (Lipinski definition) is 2. The molecule has 2 N–H and O–H groups in total. The van der Waals surface area contributed by atoms with Crippen LogP contribution in [0.4, 0.5) is 0 Å². The maximum absolute atomic E-state index is 5.64. The monoisotopic (exact) mass is 205 g/mol. The molecule has 0 spiro atoms. The van der Waals surface area contributed by atoms with Crippen molar-refractivity contribution in [1.82, 2.24) is 0 Å². The fourth-order valence-corrected chi connectivity index (χ4v) is 2.32. The molecule has 0 aliphatic rings. The van der Waals surface area contributed by atoms with Crippen LogP contribution >= 0.6 is 27.3 Å². The Morgan fingerprint density at radius 1 is 1.78 bits per heavy atom. The van der Waals surface area contributed by atoms with Crippen LogP contribution in [0.1, 0.15) is 17.8 Å². The minimum absolute atomic E-state index is 0.152. The molecular formula is C6H8BrNS. The zero-order valence-corrected chi connectivity index (χ0v) is 7.50. The third-order valence-corrected chi connectivity index (χ3v) is 3.13. The molecule has 0 amide bonds. The quantitative estimate of drug-likeness (QED) is 0.750. The number of halogens is 1. The zero-order chi connectivity index (χ0) is 6.85. The van der Waals surface area contributed by atoms with Crippen LogP contribution in [0.2, 0.25) is 0 Å². The second-order valence-corrected chi connectivity index (χ2v) is 3.72. The molecule has 0 aliphatic carbocycles. The highest BCUT2D eigenvalue weighted by molar-refractivity contribution is 9.10. The summed E-state index contributed by atoms with van der Waals surface area (Å²) in [6, 6.07) is 2.17. The number of nitrogens with two attached hydrogens (primary N) is 1. The molecule has 1 rings (SSSR count). The molecule has 1 aromatic rings. The SMILES string of the molecule is CC(N)c1sccc1Br. The summed E-state index contributed by atoms with van der Waals surface area (Å²) in [6.45, 7) is 1.98. The predicted molar refractivity (Wildman–Crippen MR) is 44.6 cm³/mol. The van der Waals surface area contributed by atoms with Gasteiger partial charge in [0.1, 0.15) is 0 Å². The van der Waals surface area contributed by atoms with Crippen LogP contribution in [0.25, 0.3) is 0 Å². The second kappa shape index (κ2) is 2.82. The molecule has 1 atom stereocenters. The van der Waals surface area contributed by atoms with E-state index in [-0.39, 0.29) is 6.04 Å². The van der Waals surface area contributed by atoms with Crippen molar-refractivity contribution in [2.75, 3.05) is 0 Å². The first-order chi connectivity index (χ1) is 4.22. The molecular weight excluding hydrogens is 198 g/mol. The average molecular weight is 206 g/mol. The Morgan fingerprint density at radius 2 is 2.44 bits per heavy atom. The van der Waals surface area contributed by atoms with Gasteiger partial charge in [-0.15, -0.1) is 11.3 Å². The molecule has 1 nitrogen and oxygen atoms in total. The summed E-state index contributed by atoms with van der Waals surface area (Å²) in [7, 11) is 0. The highest BCUT2D eigenvalue weighted by Gasteiger charge is 2.03. The van der Waals surface area contributed by atoms with Crippen molar-refractivity contribution < 1.29 is 0 Å². The van der Waals surface area contributed by atoms with E-state index in [1.54, 1.807) is 11.3 Å². The third kappa shape index (κ3) is 1.53. The van der Waals surface area contributed by atoms with Crippen molar-refractivity contribution in [3.63, 3.8) is 0 Å². The van der Waals surface area contributed by atoms with Gasteiger partial charge in [-0.25, -0.2) is 0 Å². The Balaban J connectivity index is 2.94. The van der Waals surface area contributed by atoms with E-state index in [1.165, 1.54) is 4.88 Å². The van der Waals surface area contributed by atoms with E-state index < -0.39 is 0 Å². The Morgan fingerprint density at radius 3 is 2.67 bits per heavy atom. The molecule has 0 aliphatic heterocycles. The molecule has 0 saturated carbocycles. The lowest BCUT2D eigenvalue weighted by Crippen LogP contribution is -2.02. The van der Waals surface area contributed by atoms with Gasteiger partial charge in [0.15, 0.2) is 0 Å². The van der Waals surface area contributed by atoms with Gasteiger partial charge in [-0.05, 0) is 34.3 Å². The van der Waals surface area contributed by atoms with Gasteiger partial charge in [0.05, 0.1) is 0 Å². The zero-order valence-electron chi connectivity index (χ0n) is 5.10. The first-order valence-corrected chi connectivity index (χ1v) is 4.37. The van der Waals surface area contributed by atoms with Crippen molar-refractivity contribution in [2.45, 2.75) is 13.0 Å². The van der Waals surface area contributed by atoms with E-state index in [0.29, 0.717) is 0 Å². The van der Waals surface area contributed by atoms with Crippen molar-refractivity contribution in [3.8, 4) is 0 Å². The molecule has 1 aromatic heterocycles. The molecule has 0 bridgehead atoms. The summed E-state index contributed by atoms with van der Waals surface area (Å²) in [4.78, 5) is 1.22. The predicted octanol–water partition coefficient (Wildman–Crippen LogP) is 2.53. The van der Waals surface area contributed by atoms with E-state index >= 15 is 0 Å². The maximum atomic E-state index is 5.64. The Labute approximate surface area is 67.0 Å². The molecule has 1 heterocycles. The van der Waals surface area contributed by atoms with Gasteiger partial charge in [-0.1, -0.05) is 0 Å². The normalized spacial score (nSPS) is 13.7. The summed E-state index contributed by atoms with van der Waals surface area (Å²) in [6.07, 6.45) is 0. The molecule has 3 heteroatoms. The van der Waals surface area contributed by atoms with Gasteiger partial charge >= 0.3 is 0 Å². The summed E-state index contributed by atoms with van der Waals surface area (Å²) < 4.78 is 1.13.